The molecule has 0 bridgehead atoms. The van der Waals surface area contributed by atoms with Crippen LogP contribution in [0.1, 0.15) is 6.92 Å². The van der Waals surface area contributed by atoms with Crippen molar-refractivity contribution in [3.05, 3.63) is 47.7 Å². The maximum Gasteiger partial charge on any atom is 0.237 e. The van der Waals surface area contributed by atoms with E-state index < -0.39 is 5.25 Å². The van der Waals surface area contributed by atoms with Gasteiger partial charge in [-0.1, -0.05) is 35.5 Å². The summed E-state index contributed by atoms with van der Waals surface area (Å²) in [6.07, 6.45) is 1.55. The van der Waals surface area contributed by atoms with Gasteiger partial charge in [-0.2, -0.15) is 4.68 Å². The quantitative estimate of drug-likeness (QED) is 0.510. The molecule has 2 aromatic heterocycles. The lowest BCUT2D eigenvalue weighted by Crippen LogP contribution is -2.23. The molecule has 134 valence electrons. The van der Waals surface area contributed by atoms with Crippen molar-refractivity contribution < 1.29 is 9.53 Å². The Morgan fingerprint density at radius 3 is 2.88 bits per heavy atom. The number of tetrazole rings is 1. The highest BCUT2D eigenvalue weighted by Gasteiger charge is 2.21. The minimum absolute atomic E-state index is 0.233. The Morgan fingerprint density at radius 1 is 1.31 bits per heavy atom. The van der Waals surface area contributed by atoms with E-state index in [1.165, 1.54) is 16.4 Å². The van der Waals surface area contributed by atoms with E-state index in [9.17, 15) is 4.79 Å². The molecular formula is C16H15ClN6O2S. The number of halogens is 1. The fourth-order valence-corrected chi connectivity index (χ4v) is 3.10. The summed E-state index contributed by atoms with van der Waals surface area (Å²) in [6.45, 7) is 1.76. The molecule has 10 heteroatoms. The maximum absolute atomic E-state index is 12.4. The van der Waals surface area contributed by atoms with Crippen LogP contribution in [0.15, 0.2) is 47.8 Å². The Balaban J connectivity index is 1.76. The van der Waals surface area contributed by atoms with Crippen LogP contribution in [0.2, 0.25) is 5.15 Å². The number of benzene rings is 1. The second-order valence-electron chi connectivity index (χ2n) is 5.14. The van der Waals surface area contributed by atoms with Crippen LogP contribution >= 0.6 is 23.4 Å². The van der Waals surface area contributed by atoms with Crippen LogP contribution < -0.4 is 10.1 Å². The lowest BCUT2D eigenvalue weighted by molar-refractivity contribution is -0.115. The predicted molar refractivity (Wildman–Crippen MR) is 98.9 cm³/mol. The van der Waals surface area contributed by atoms with Crippen LogP contribution in [-0.4, -0.2) is 43.5 Å². The minimum atomic E-state index is -0.467. The summed E-state index contributed by atoms with van der Waals surface area (Å²) < 4.78 is 6.87. The Morgan fingerprint density at radius 2 is 2.12 bits per heavy atom. The third kappa shape index (κ3) is 3.94. The topological polar surface area (TPSA) is 94.8 Å². The summed E-state index contributed by atoms with van der Waals surface area (Å²) in [7, 11) is 1.57. The van der Waals surface area contributed by atoms with Crippen molar-refractivity contribution in [3.8, 4) is 11.4 Å². The van der Waals surface area contributed by atoms with Crippen LogP contribution in [0.3, 0.4) is 0 Å². The van der Waals surface area contributed by atoms with E-state index in [1.54, 1.807) is 32.4 Å². The SMILES string of the molecule is COc1ccccc1-n1nnnc1SC(C)C(=O)Nc1cccnc1Cl. The van der Waals surface area contributed by atoms with E-state index in [4.69, 9.17) is 16.3 Å². The molecule has 1 amide bonds. The van der Waals surface area contributed by atoms with Crippen molar-refractivity contribution in [1.82, 2.24) is 25.2 Å². The van der Waals surface area contributed by atoms with Crippen molar-refractivity contribution in [3.63, 3.8) is 0 Å². The Kier molecular flexibility index (Phi) is 5.69. The molecule has 1 N–H and O–H groups in total. The standard InChI is InChI=1S/C16H15ClN6O2S/c1-10(15(24)19-11-6-5-9-18-14(11)17)26-16-20-21-22-23(16)12-7-3-4-8-13(12)25-2/h3-10H,1-2H3,(H,19,24). The summed E-state index contributed by atoms with van der Waals surface area (Å²) in [5, 5.41) is 14.7. The number of methoxy groups -OCH3 is 1. The van der Waals surface area contributed by atoms with E-state index in [0.29, 0.717) is 22.3 Å². The first-order valence-electron chi connectivity index (χ1n) is 7.60. The number of carbonyl (C=O) groups is 1. The Labute approximate surface area is 158 Å². The number of amides is 1. The molecule has 0 aliphatic heterocycles. The van der Waals surface area contributed by atoms with Crippen LogP contribution in [0, 0.1) is 0 Å². The van der Waals surface area contributed by atoms with Gasteiger partial charge < -0.3 is 10.1 Å². The molecular weight excluding hydrogens is 376 g/mol. The summed E-state index contributed by atoms with van der Waals surface area (Å²) in [6, 6.07) is 10.7. The Hall–Kier alpha value is -2.65. The number of para-hydroxylation sites is 2. The zero-order valence-corrected chi connectivity index (χ0v) is 15.5. The van der Waals surface area contributed by atoms with Crippen LogP contribution in [0.25, 0.3) is 5.69 Å². The van der Waals surface area contributed by atoms with E-state index in [1.807, 2.05) is 24.3 Å². The maximum atomic E-state index is 12.4. The molecule has 1 unspecified atom stereocenters. The average Bonchev–Trinajstić information content (AvgIpc) is 3.11. The van der Waals surface area contributed by atoms with Gasteiger partial charge in [-0.3, -0.25) is 4.79 Å². The van der Waals surface area contributed by atoms with E-state index >= 15 is 0 Å². The third-order valence-electron chi connectivity index (χ3n) is 3.42. The fourth-order valence-electron chi connectivity index (χ4n) is 2.13. The number of carbonyl (C=O) groups excluding carboxylic acids is 1. The first-order chi connectivity index (χ1) is 12.6. The van der Waals surface area contributed by atoms with Crippen molar-refractivity contribution in [1.29, 1.82) is 0 Å². The van der Waals surface area contributed by atoms with Gasteiger partial charge in [0.1, 0.15) is 11.4 Å². The molecule has 8 nitrogen and oxygen atoms in total. The molecule has 1 aromatic carbocycles. The predicted octanol–water partition coefficient (Wildman–Crippen LogP) is 2.84. The molecule has 0 spiro atoms. The number of nitrogens with one attached hydrogen (secondary N) is 1. The highest BCUT2D eigenvalue weighted by Crippen LogP contribution is 2.28. The number of anilines is 1. The zero-order valence-electron chi connectivity index (χ0n) is 14.0. The van der Waals surface area contributed by atoms with Crippen LogP contribution in [0.4, 0.5) is 5.69 Å². The van der Waals surface area contributed by atoms with Crippen LogP contribution in [-0.2, 0) is 4.79 Å². The minimum Gasteiger partial charge on any atom is -0.494 e. The first-order valence-corrected chi connectivity index (χ1v) is 8.85. The van der Waals surface area contributed by atoms with Crippen molar-refractivity contribution in [2.75, 3.05) is 12.4 Å². The van der Waals surface area contributed by atoms with Crippen molar-refractivity contribution >= 4 is 35.0 Å². The van der Waals surface area contributed by atoms with Gasteiger partial charge in [0, 0.05) is 6.20 Å². The van der Waals surface area contributed by atoms with Gasteiger partial charge in [0.05, 0.1) is 18.0 Å². The normalized spacial score (nSPS) is 11.8. The van der Waals surface area contributed by atoms with Crippen molar-refractivity contribution in [2.24, 2.45) is 0 Å². The van der Waals surface area contributed by atoms with Gasteiger partial charge in [-0.25, -0.2) is 4.98 Å². The smallest absolute Gasteiger partial charge is 0.237 e. The molecule has 0 saturated heterocycles. The molecule has 0 radical (unpaired) electrons. The molecule has 0 aliphatic carbocycles. The number of hydrogen-bond donors (Lipinski definition) is 1. The van der Waals surface area contributed by atoms with Gasteiger partial charge in [-0.15, -0.1) is 5.10 Å². The second kappa shape index (κ2) is 8.15. The number of hydrogen-bond acceptors (Lipinski definition) is 7. The lowest BCUT2D eigenvalue weighted by atomic mass is 10.3. The number of nitrogens with zero attached hydrogens (tertiary/aromatic N) is 5. The Bertz CT molecular complexity index is 919. The number of rotatable bonds is 6. The van der Waals surface area contributed by atoms with Gasteiger partial charge >= 0.3 is 0 Å². The number of thioether (sulfide) groups is 1. The molecule has 0 fully saturated rings. The molecule has 2 heterocycles. The second-order valence-corrected chi connectivity index (χ2v) is 6.80. The molecule has 3 rings (SSSR count). The first kappa shape index (κ1) is 18.2. The van der Waals surface area contributed by atoms with Gasteiger partial charge in [0.2, 0.25) is 11.1 Å². The molecule has 26 heavy (non-hydrogen) atoms. The van der Waals surface area contributed by atoms with Gasteiger partial charge in [0.25, 0.3) is 0 Å². The van der Waals surface area contributed by atoms with Crippen LogP contribution in [0.5, 0.6) is 5.75 Å². The monoisotopic (exact) mass is 390 g/mol. The summed E-state index contributed by atoms with van der Waals surface area (Å²) in [5.41, 5.74) is 1.14. The van der Waals surface area contributed by atoms with E-state index in [2.05, 4.69) is 25.8 Å². The number of aromatic nitrogens is 5. The van der Waals surface area contributed by atoms with E-state index in [0.717, 1.165) is 0 Å². The molecule has 0 aliphatic rings. The fraction of sp³-hybridized carbons (Fsp3) is 0.188. The van der Waals surface area contributed by atoms with Gasteiger partial charge in [-0.05, 0) is 41.6 Å². The van der Waals surface area contributed by atoms with E-state index in [-0.39, 0.29) is 11.1 Å². The molecule has 0 saturated carbocycles. The lowest BCUT2D eigenvalue weighted by Gasteiger charge is -2.13. The third-order valence-corrected chi connectivity index (χ3v) is 4.76. The zero-order chi connectivity index (χ0) is 18.5. The molecule has 1 atom stereocenters. The highest BCUT2D eigenvalue weighted by molar-refractivity contribution is 8.00. The molecule has 3 aromatic rings. The summed E-state index contributed by atoms with van der Waals surface area (Å²) >= 11 is 7.19. The summed E-state index contributed by atoms with van der Waals surface area (Å²) in [4.78, 5) is 16.4. The average molecular weight is 391 g/mol. The summed E-state index contributed by atoms with van der Waals surface area (Å²) in [5.74, 6) is 0.389. The number of pyridine rings is 1. The van der Waals surface area contributed by atoms with Gasteiger partial charge in [0.15, 0.2) is 5.15 Å². The van der Waals surface area contributed by atoms with Crippen molar-refractivity contribution in [2.45, 2.75) is 17.3 Å². The highest BCUT2D eigenvalue weighted by atomic mass is 35.5. The largest absolute Gasteiger partial charge is 0.494 e. The number of ether oxygens (including phenoxy) is 1.